The van der Waals surface area contributed by atoms with Crippen molar-refractivity contribution in [2.75, 3.05) is 13.1 Å². The lowest BCUT2D eigenvalue weighted by atomic mass is 10.1. The molecule has 0 spiro atoms. The van der Waals surface area contributed by atoms with Crippen LogP contribution in [0.1, 0.15) is 22.6 Å². The zero-order valence-corrected chi connectivity index (χ0v) is 15.1. The van der Waals surface area contributed by atoms with Crippen LogP contribution in [0.25, 0.3) is 10.6 Å². The molecule has 4 heterocycles. The van der Waals surface area contributed by atoms with E-state index in [1.165, 1.54) is 22.7 Å². The Labute approximate surface area is 150 Å². The first kappa shape index (κ1) is 15.7. The highest BCUT2D eigenvalue weighted by molar-refractivity contribution is 7.15. The molecule has 1 aliphatic heterocycles. The topological polar surface area (TPSA) is 68.2 Å². The molecular weight excluding hydrogens is 364 g/mol. The highest BCUT2D eigenvalue weighted by atomic mass is 32.1. The normalized spacial score (nSPS) is 15.6. The first-order chi connectivity index (χ1) is 11.8. The lowest BCUT2D eigenvalue weighted by Crippen LogP contribution is -2.41. The number of carbonyl (C=O) groups excluding carboxylic acids is 1. The van der Waals surface area contributed by atoms with E-state index in [9.17, 15) is 4.79 Å². The van der Waals surface area contributed by atoms with Crippen molar-refractivity contribution < 1.29 is 9.53 Å². The minimum absolute atomic E-state index is 0.0113. The smallest absolute Gasteiger partial charge is 0.294 e. The summed E-state index contributed by atoms with van der Waals surface area (Å²) in [5.74, 6) is 0.0113. The number of likely N-dealkylation sites (tertiary alicyclic amines) is 1. The van der Waals surface area contributed by atoms with Crippen molar-refractivity contribution in [2.45, 2.75) is 18.9 Å². The number of nitrogens with zero attached hydrogens (tertiary/aromatic N) is 4. The Morgan fingerprint density at radius 2 is 2.12 bits per heavy atom. The van der Waals surface area contributed by atoms with Gasteiger partial charge in [0.1, 0.15) is 11.6 Å². The minimum atomic E-state index is 0.0113. The number of aromatic nitrogens is 3. The number of carbonyl (C=O) groups is 1. The van der Waals surface area contributed by atoms with E-state index in [-0.39, 0.29) is 12.0 Å². The van der Waals surface area contributed by atoms with Crippen LogP contribution in [0, 0.1) is 0 Å². The molecule has 0 unspecified atom stereocenters. The molecule has 6 nitrogen and oxygen atoms in total. The maximum atomic E-state index is 12.6. The van der Waals surface area contributed by atoms with E-state index in [1.54, 1.807) is 16.8 Å². The standard InChI is InChI=1S/C15H14N4O2S3/c20-14(13-17-11(8-23-13)12-2-1-7-22-12)19-5-3-10(4-6-19)21-15-18-16-9-24-15/h1-2,7-10H,3-6H2. The van der Waals surface area contributed by atoms with Crippen LogP contribution in [0.5, 0.6) is 5.19 Å². The van der Waals surface area contributed by atoms with Gasteiger partial charge in [-0.2, -0.15) is 0 Å². The fourth-order valence-corrected chi connectivity index (χ4v) is 4.59. The maximum Gasteiger partial charge on any atom is 0.294 e. The Balaban J connectivity index is 1.36. The average Bonchev–Trinajstić information content (AvgIpc) is 3.36. The molecule has 1 aliphatic rings. The molecule has 0 atom stereocenters. The Kier molecular flexibility index (Phi) is 4.54. The van der Waals surface area contributed by atoms with Crippen molar-refractivity contribution in [3.05, 3.63) is 33.4 Å². The van der Waals surface area contributed by atoms with Crippen molar-refractivity contribution in [3.8, 4) is 15.8 Å². The molecule has 124 valence electrons. The molecule has 0 aromatic carbocycles. The van der Waals surface area contributed by atoms with Crippen LogP contribution in [0.2, 0.25) is 0 Å². The van der Waals surface area contributed by atoms with Gasteiger partial charge >= 0.3 is 0 Å². The van der Waals surface area contributed by atoms with Gasteiger partial charge in [-0.25, -0.2) is 4.98 Å². The number of hydrogen-bond donors (Lipinski definition) is 0. The number of thiophene rings is 1. The van der Waals surface area contributed by atoms with E-state index in [4.69, 9.17) is 4.74 Å². The second-order valence-corrected chi connectivity index (χ2v) is 7.93. The molecule has 0 radical (unpaired) electrons. The van der Waals surface area contributed by atoms with E-state index < -0.39 is 0 Å². The van der Waals surface area contributed by atoms with Crippen molar-refractivity contribution in [1.29, 1.82) is 0 Å². The Morgan fingerprint density at radius 1 is 1.25 bits per heavy atom. The highest BCUT2D eigenvalue weighted by Crippen LogP contribution is 2.27. The van der Waals surface area contributed by atoms with Gasteiger partial charge in [0, 0.05) is 31.3 Å². The zero-order chi connectivity index (χ0) is 16.4. The molecule has 1 amide bonds. The largest absolute Gasteiger partial charge is 0.465 e. The predicted molar refractivity (Wildman–Crippen MR) is 94.9 cm³/mol. The molecule has 0 aliphatic carbocycles. The number of amides is 1. The molecule has 0 bridgehead atoms. The maximum absolute atomic E-state index is 12.6. The second-order valence-electron chi connectivity index (χ2n) is 5.33. The van der Waals surface area contributed by atoms with Gasteiger partial charge < -0.3 is 9.64 Å². The number of hydrogen-bond acceptors (Lipinski definition) is 8. The molecule has 1 fully saturated rings. The highest BCUT2D eigenvalue weighted by Gasteiger charge is 2.27. The molecular formula is C15H14N4O2S3. The molecule has 3 aromatic rings. The van der Waals surface area contributed by atoms with Gasteiger partial charge in [-0.15, -0.1) is 32.9 Å². The van der Waals surface area contributed by atoms with E-state index in [0.717, 1.165) is 23.4 Å². The monoisotopic (exact) mass is 378 g/mol. The van der Waals surface area contributed by atoms with Crippen molar-refractivity contribution >= 4 is 39.9 Å². The van der Waals surface area contributed by atoms with Gasteiger partial charge in [0.05, 0.1) is 10.6 Å². The van der Waals surface area contributed by atoms with Crippen molar-refractivity contribution in [1.82, 2.24) is 20.1 Å². The fourth-order valence-electron chi connectivity index (χ4n) is 2.58. The summed E-state index contributed by atoms with van der Waals surface area (Å²) in [6.07, 6.45) is 1.70. The van der Waals surface area contributed by atoms with Crippen LogP contribution in [0.4, 0.5) is 0 Å². The number of thiazole rings is 1. The minimum Gasteiger partial charge on any atom is -0.465 e. The average molecular weight is 379 g/mol. The third-order valence-electron chi connectivity index (χ3n) is 3.80. The van der Waals surface area contributed by atoms with Crippen LogP contribution < -0.4 is 4.74 Å². The molecule has 3 aromatic heterocycles. The lowest BCUT2D eigenvalue weighted by molar-refractivity contribution is 0.0593. The Hall–Kier alpha value is -1.84. The molecule has 4 rings (SSSR count). The quantitative estimate of drug-likeness (QED) is 0.696. The van der Waals surface area contributed by atoms with Gasteiger partial charge in [0.25, 0.3) is 11.1 Å². The van der Waals surface area contributed by atoms with E-state index in [0.29, 0.717) is 23.3 Å². The first-order valence-corrected chi connectivity index (χ1v) is 10.1. The van der Waals surface area contributed by atoms with Crippen molar-refractivity contribution in [3.63, 3.8) is 0 Å². The number of rotatable bonds is 4. The van der Waals surface area contributed by atoms with Crippen LogP contribution in [0.15, 0.2) is 28.4 Å². The van der Waals surface area contributed by atoms with E-state index in [2.05, 4.69) is 15.2 Å². The summed E-state index contributed by atoms with van der Waals surface area (Å²) in [4.78, 5) is 20.1. The predicted octanol–water partition coefficient (Wildman–Crippen LogP) is 3.41. The molecule has 24 heavy (non-hydrogen) atoms. The van der Waals surface area contributed by atoms with Crippen LogP contribution >= 0.6 is 34.0 Å². The zero-order valence-electron chi connectivity index (χ0n) is 12.6. The van der Waals surface area contributed by atoms with Crippen LogP contribution in [-0.2, 0) is 0 Å². The van der Waals surface area contributed by atoms with Crippen LogP contribution in [-0.4, -0.2) is 45.2 Å². The Morgan fingerprint density at radius 3 is 2.83 bits per heavy atom. The summed E-state index contributed by atoms with van der Waals surface area (Å²) in [6.45, 7) is 1.35. The third-order valence-corrected chi connectivity index (χ3v) is 6.10. The third kappa shape index (κ3) is 3.33. The van der Waals surface area contributed by atoms with Crippen molar-refractivity contribution in [2.24, 2.45) is 0 Å². The van der Waals surface area contributed by atoms with Gasteiger partial charge in [-0.1, -0.05) is 17.4 Å². The number of piperidine rings is 1. The first-order valence-electron chi connectivity index (χ1n) is 7.51. The van der Waals surface area contributed by atoms with Gasteiger partial charge in [0.15, 0.2) is 5.01 Å². The molecule has 1 saturated heterocycles. The summed E-state index contributed by atoms with van der Waals surface area (Å²) in [5, 5.41) is 12.8. The van der Waals surface area contributed by atoms with Gasteiger partial charge in [0.2, 0.25) is 0 Å². The fraction of sp³-hybridized carbons (Fsp3) is 0.333. The number of ether oxygens (including phenoxy) is 1. The second kappa shape index (κ2) is 6.96. The van der Waals surface area contributed by atoms with Gasteiger partial charge in [-0.05, 0) is 11.4 Å². The summed E-state index contributed by atoms with van der Waals surface area (Å²) in [7, 11) is 0. The van der Waals surface area contributed by atoms with Gasteiger partial charge in [-0.3, -0.25) is 4.79 Å². The lowest BCUT2D eigenvalue weighted by Gasteiger charge is -2.30. The SMILES string of the molecule is O=C(c1nc(-c2cccs2)cs1)N1CCC(Oc2nncs2)CC1. The summed E-state index contributed by atoms with van der Waals surface area (Å²) >= 11 is 4.43. The molecule has 9 heteroatoms. The molecule has 0 saturated carbocycles. The van der Waals surface area contributed by atoms with Crippen LogP contribution in [0.3, 0.4) is 0 Å². The van der Waals surface area contributed by atoms with E-state index >= 15 is 0 Å². The summed E-state index contributed by atoms with van der Waals surface area (Å²) < 4.78 is 5.78. The van der Waals surface area contributed by atoms with E-state index in [1.807, 2.05) is 27.8 Å². The summed E-state index contributed by atoms with van der Waals surface area (Å²) in [5.41, 5.74) is 2.54. The Bertz CT molecular complexity index is 793. The summed E-state index contributed by atoms with van der Waals surface area (Å²) in [6, 6.07) is 4.01. The molecule has 0 N–H and O–H groups in total.